The van der Waals surface area contributed by atoms with E-state index in [-0.39, 0.29) is 17.4 Å². The number of ether oxygens (including phenoxy) is 1. The first-order valence-electron chi connectivity index (χ1n) is 13.2. The molecule has 2 aliphatic rings. The highest BCUT2D eigenvalue weighted by atomic mass is 16.6. The minimum Gasteiger partial charge on any atom is -0.376 e. The molecule has 0 bridgehead atoms. The molecule has 4 heterocycles. The normalized spacial score (nSPS) is 19.0. The van der Waals surface area contributed by atoms with Crippen molar-refractivity contribution in [3.05, 3.63) is 86.0 Å². The van der Waals surface area contributed by atoms with Crippen molar-refractivity contribution >= 4 is 22.3 Å². The lowest BCUT2D eigenvalue weighted by Gasteiger charge is -2.39. The van der Waals surface area contributed by atoms with Crippen LogP contribution in [-0.2, 0) is 11.3 Å². The summed E-state index contributed by atoms with van der Waals surface area (Å²) in [7, 11) is 0. The molecule has 0 unspecified atom stereocenters. The molecule has 39 heavy (non-hydrogen) atoms. The number of para-hydroxylation sites is 1. The zero-order valence-corrected chi connectivity index (χ0v) is 21.7. The van der Waals surface area contributed by atoms with Crippen LogP contribution in [0.1, 0.15) is 35.8 Å². The number of nitrogens with zero attached hydrogens (tertiary/aromatic N) is 7. The molecule has 4 aromatic rings. The fourth-order valence-electron chi connectivity index (χ4n) is 5.64. The molecule has 2 aromatic heterocycles. The maximum atomic E-state index is 13.5. The number of pyridine rings is 1. The van der Waals surface area contributed by atoms with Crippen molar-refractivity contribution in [3.63, 3.8) is 0 Å². The fraction of sp³-hybridized carbons (Fsp3) is 0.407. The molecule has 0 radical (unpaired) electrons. The number of nitro groups is 1. The van der Waals surface area contributed by atoms with Crippen LogP contribution < -0.4 is 10.5 Å². The quantitative estimate of drug-likeness (QED) is 0.283. The molecule has 0 amide bonds. The Morgan fingerprint density at radius 1 is 1.15 bits per heavy atom. The smallest absolute Gasteiger partial charge is 0.269 e. The lowest BCUT2D eigenvalue weighted by molar-refractivity contribution is -0.384. The van der Waals surface area contributed by atoms with Crippen molar-refractivity contribution in [2.45, 2.75) is 38.5 Å². The lowest BCUT2D eigenvalue weighted by atomic mass is 10.0. The van der Waals surface area contributed by atoms with Gasteiger partial charge in [-0.2, -0.15) is 0 Å². The van der Waals surface area contributed by atoms with Crippen LogP contribution >= 0.6 is 0 Å². The molecular formula is C27H30N8O4. The number of fused-ring (bicyclic) bond motifs is 1. The largest absolute Gasteiger partial charge is 0.376 e. The summed E-state index contributed by atoms with van der Waals surface area (Å²) in [5, 5.41) is 24.7. The van der Waals surface area contributed by atoms with E-state index in [4.69, 9.17) is 4.74 Å². The zero-order chi connectivity index (χ0) is 26.9. The van der Waals surface area contributed by atoms with Gasteiger partial charge in [-0.15, -0.1) is 5.10 Å². The fourth-order valence-corrected chi connectivity index (χ4v) is 5.64. The van der Waals surface area contributed by atoms with Gasteiger partial charge in [-0.25, -0.2) is 4.68 Å². The van der Waals surface area contributed by atoms with Crippen molar-refractivity contribution in [1.82, 2.24) is 30.1 Å². The van der Waals surface area contributed by atoms with Gasteiger partial charge in [0, 0.05) is 56.2 Å². The number of hydrogen-bond donors (Lipinski definition) is 1. The molecule has 2 aromatic carbocycles. The van der Waals surface area contributed by atoms with Crippen LogP contribution in [0.5, 0.6) is 0 Å². The summed E-state index contributed by atoms with van der Waals surface area (Å²) in [5.74, 6) is 0.617. The second-order valence-electron chi connectivity index (χ2n) is 10.1. The van der Waals surface area contributed by atoms with Crippen LogP contribution in [0.2, 0.25) is 0 Å². The number of aromatic amines is 1. The van der Waals surface area contributed by atoms with Crippen molar-refractivity contribution in [2.75, 3.05) is 37.7 Å². The number of aryl methyl sites for hydroxylation is 1. The average molecular weight is 531 g/mol. The Bertz CT molecular complexity index is 1540. The third-order valence-electron chi connectivity index (χ3n) is 7.72. The Balaban J connectivity index is 1.33. The molecule has 12 nitrogen and oxygen atoms in total. The number of H-pyrrole nitrogens is 1. The van der Waals surface area contributed by atoms with Crippen molar-refractivity contribution in [3.8, 4) is 0 Å². The molecule has 0 saturated carbocycles. The van der Waals surface area contributed by atoms with E-state index in [0.717, 1.165) is 41.6 Å². The molecule has 1 N–H and O–H groups in total. The summed E-state index contributed by atoms with van der Waals surface area (Å²) >= 11 is 0. The van der Waals surface area contributed by atoms with Gasteiger partial charge in [0.2, 0.25) is 0 Å². The average Bonchev–Trinajstić information content (AvgIpc) is 3.63. The van der Waals surface area contributed by atoms with E-state index < -0.39 is 11.0 Å². The third kappa shape index (κ3) is 5.00. The number of anilines is 1. The Labute approximate surface area is 224 Å². The first-order valence-corrected chi connectivity index (χ1v) is 13.2. The second kappa shape index (κ2) is 10.5. The summed E-state index contributed by atoms with van der Waals surface area (Å²) in [6.07, 6.45) is 2.01. The van der Waals surface area contributed by atoms with Gasteiger partial charge in [-0.05, 0) is 59.3 Å². The number of aromatic nitrogens is 5. The standard InChI is InChI=1S/C27H30N8O4/c1-18-4-2-5-19-16-23(27(36)28-24(18)19)25(26-29-30-31-34(26)17-22-6-3-15-39-22)33-13-11-32(12-14-33)20-7-9-21(10-8-20)35(37)38/h2,4-5,7-10,16,22,25H,3,6,11-15,17H2,1H3,(H,28,36)/t22-,25-/m0/s1. The summed E-state index contributed by atoms with van der Waals surface area (Å²) in [6, 6.07) is 14.1. The van der Waals surface area contributed by atoms with E-state index in [9.17, 15) is 14.9 Å². The van der Waals surface area contributed by atoms with Crippen molar-refractivity contribution < 1.29 is 9.66 Å². The minimum absolute atomic E-state index is 0.0458. The molecule has 0 aliphatic carbocycles. The third-order valence-corrected chi connectivity index (χ3v) is 7.72. The minimum atomic E-state index is -0.450. The van der Waals surface area contributed by atoms with Gasteiger partial charge >= 0.3 is 0 Å². The summed E-state index contributed by atoms with van der Waals surface area (Å²) in [6.45, 7) is 5.93. The van der Waals surface area contributed by atoms with Gasteiger partial charge in [-0.1, -0.05) is 18.2 Å². The van der Waals surface area contributed by atoms with Crippen molar-refractivity contribution in [2.24, 2.45) is 0 Å². The van der Waals surface area contributed by atoms with E-state index in [1.807, 2.05) is 31.2 Å². The molecule has 202 valence electrons. The number of tetrazole rings is 1. The number of piperazine rings is 1. The maximum absolute atomic E-state index is 13.5. The first-order chi connectivity index (χ1) is 19.0. The summed E-state index contributed by atoms with van der Waals surface area (Å²) < 4.78 is 7.63. The Morgan fingerprint density at radius 3 is 2.67 bits per heavy atom. The maximum Gasteiger partial charge on any atom is 0.269 e. The van der Waals surface area contributed by atoms with Crippen LogP contribution in [0.15, 0.2) is 53.3 Å². The number of benzene rings is 2. The predicted octanol–water partition coefficient (Wildman–Crippen LogP) is 2.82. The van der Waals surface area contributed by atoms with Gasteiger partial charge in [0.15, 0.2) is 5.82 Å². The van der Waals surface area contributed by atoms with Gasteiger partial charge in [0.1, 0.15) is 6.04 Å². The number of rotatable bonds is 7. The van der Waals surface area contributed by atoms with E-state index in [0.29, 0.717) is 44.1 Å². The lowest BCUT2D eigenvalue weighted by Crippen LogP contribution is -2.49. The Hall–Kier alpha value is -4.16. The first kappa shape index (κ1) is 25.1. The van der Waals surface area contributed by atoms with Crippen LogP contribution in [0.25, 0.3) is 10.9 Å². The number of nitro benzene ring substituents is 1. The molecule has 2 fully saturated rings. The topological polar surface area (TPSA) is 135 Å². The predicted molar refractivity (Wildman–Crippen MR) is 145 cm³/mol. The van der Waals surface area contributed by atoms with E-state index in [2.05, 4.69) is 30.3 Å². The Morgan fingerprint density at radius 2 is 1.95 bits per heavy atom. The highest BCUT2D eigenvalue weighted by molar-refractivity contribution is 5.82. The van der Waals surface area contributed by atoms with E-state index in [1.54, 1.807) is 16.8 Å². The highest BCUT2D eigenvalue weighted by Crippen LogP contribution is 2.30. The summed E-state index contributed by atoms with van der Waals surface area (Å²) in [4.78, 5) is 31.7. The van der Waals surface area contributed by atoms with E-state index in [1.165, 1.54) is 12.1 Å². The van der Waals surface area contributed by atoms with Gasteiger partial charge < -0.3 is 14.6 Å². The van der Waals surface area contributed by atoms with Crippen LogP contribution in [0, 0.1) is 17.0 Å². The number of nitrogens with one attached hydrogen (secondary N) is 1. The van der Waals surface area contributed by atoms with Crippen LogP contribution in [0.4, 0.5) is 11.4 Å². The van der Waals surface area contributed by atoms with Crippen LogP contribution in [0.3, 0.4) is 0 Å². The summed E-state index contributed by atoms with van der Waals surface area (Å²) in [5.41, 5.74) is 3.27. The molecule has 2 saturated heterocycles. The Kier molecular flexibility index (Phi) is 6.79. The SMILES string of the molecule is Cc1cccc2cc([C@@H](c3nnnn3C[C@@H]3CCCO3)N3CCN(c4ccc([N+](=O)[O-])cc4)CC3)c(=O)[nH]c12. The zero-order valence-electron chi connectivity index (χ0n) is 21.7. The van der Waals surface area contributed by atoms with Gasteiger partial charge in [0.25, 0.3) is 11.2 Å². The number of non-ortho nitro benzene ring substituents is 1. The van der Waals surface area contributed by atoms with Crippen LogP contribution in [-0.4, -0.2) is 73.9 Å². The molecule has 2 atom stereocenters. The number of hydrogen-bond acceptors (Lipinski definition) is 9. The molecular weight excluding hydrogens is 500 g/mol. The molecule has 2 aliphatic heterocycles. The van der Waals surface area contributed by atoms with Gasteiger partial charge in [0.05, 0.1) is 23.1 Å². The van der Waals surface area contributed by atoms with E-state index >= 15 is 0 Å². The highest BCUT2D eigenvalue weighted by Gasteiger charge is 2.33. The monoisotopic (exact) mass is 530 g/mol. The molecule has 0 spiro atoms. The second-order valence-corrected chi connectivity index (χ2v) is 10.1. The van der Waals surface area contributed by atoms with Gasteiger partial charge in [-0.3, -0.25) is 19.8 Å². The molecule has 6 rings (SSSR count). The van der Waals surface area contributed by atoms with Crippen molar-refractivity contribution in [1.29, 1.82) is 0 Å². The molecule has 12 heteroatoms.